The molecule has 1 saturated heterocycles. The maximum absolute atomic E-state index is 11.8. The molecule has 1 amide bonds. The molecule has 0 aromatic carbocycles. The van der Waals surface area contributed by atoms with Gasteiger partial charge in [-0.15, -0.1) is 0 Å². The van der Waals surface area contributed by atoms with E-state index in [-0.39, 0.29) is 18.4 Å². The van der Waals surface area contributed by atoms with Crippen molar-refractivity contribution in [1.29, 1.82) is 0 Å². The van der Waals surface area contributed by atoms with Crippen molar-refractivity contribution >= 4 is 15.9 Å². The minimum atomic E-state index is -3.48. The van der Waals surface area contributed by atoms with Gasteiger partial charge < -0.3 is 4.90 Å². The summed E-state index contributed by atoms with van der Waals surface area (Å²) in [7, 11) is -3.48. The van der Waals surface area contributed by atoms with Gasteiger partial charge in [0.25, 0.3) is 0 Å². The van der Waals surface area contributed by atoms with E-state index in [1.54, 1.807) is 4.90 Å². The molecule has 0 radical (unpaired) electrons. The van der Waals surface area contributed by atoms with Crippen LogP contribution in [0.2, 0.25) is 0 Å². The molecule has 2 rings (SSSR count). The van der Waals surface area contributed by atoms with Crippen LogP contribution in [0.25, 0.3) is 0 Å². The molecular formula is C9H16N2O3S. The highest BCUT2D eigenvalue weighted by molar-refractivity contribution is 7.89. The number of carbonyl (C=O) groups excluding carboxylic acids is 1. The Morgan fingerprint density at radius 3 is 2.47 bits per heavy atom. The number of likely N-dealkylation sites (tertiary alicyclic amines) is 1. The molecule has 2 fully saturated rings. The Hall–Kier alpha value is -0.620. The van der Waals surface area contributed by atoms with E-state index in [2.05, 4.69) is 0 Å². The highest BCUT2D eigenvalue weighted by atomic mass is 32.2. The number of amides is 1. The third kappa shape index (κ3) is 2.15. The van der Waals surface area contributed by atoms with Crippen LogP contribution in [0.15, 0.2) is 0 Å². The molecule has 15 heavy (non-hydrogen) atoms. The Bertz CT molecular complexity index is 379. The van der Waals surface area contributed by atoms with E-state index in [4.69, 9.17) is 5.14 Å². The topological polar surface area (TPSA) is 80.5 Å². The lowest BCUT2D eigenvalue weighted by atomic mass is 10.3. The van der Waals surface area contributed by atoms with Crippen molar-refractivity contribution in [1.82, 2.24) is 4.90 Å². The number of nitrogens with zero attached hydrogens (tertiary/aromatic N) is 1. The zero-order valence-corrected chi connectivity index (χ0v) is 9.53. The van der Waals surface area contributed by atoms with E-state index in [9.17, 15) is 13.2 Å². The molecular weight excluding hydrogens is 216 g/mol. The van der Waals surface area contributed by atoms with Crippen molar-refractivity contribution in [3.63, 3.8) is 0 Å². The minimum absolute atomic E-state index is 0.105. The molecule has 5 nitrogen and oxygen atoms in total. The van der Waals surface area contributed by atoms with Gasteiger partial charge in [-0.3, -0.25) is 4.79 Å². The van der Waals surface area contributed by atoms with Crippen molar-refractivity contribution in [2.75, 3.05) is 13.1 Å². The fourth-order valence-corrected chi connectivity index (χ4v) is 2.92. The van der Waals surface area contributed by atoms with Crippen molar-refractivity contribution in [2.24, 2.45) is 17.0 Å². The van der Waals surface area contributed by atoms with E-state index in [0.29, 0.717) is 18.9 Å². The first-order chi connectivity index (χ1) is 6.89. The second-order valence-corrected chi connectivity index (χ2v) is 6.45. The van der Waals surface area contributed by atoms with E-state index >= 15 is 0 Å². The van der Waals surface area contributed by atoms with Crippen LogP contribution < -0.4 is 5.14 Å². The number of rotatable bonds is 2. The van der Waals surface area contributed by atoms with Crippen molar-refractivity contribution < 1.29 is 13.2 Å². The molecule has 3 unspecified atom stereocenters. The van der Waals surface area contributed by atoms with Gasteiger partial charge in [-0.05, 0) is 18.8 Å². The van der Waals surface area contributed by atoms with E-state index < -0.39 is 15.3 Å². The summed E-state index contributed by atoms with van der Waals surface area (Å²) in [5, 5.41) is 4.50. The van der Waals surface area contributed by atoms with Crippen LogP contribution in [-0.4, -0.2) is 37.6 Å². The van der Waals surface area contributed by atoms with Crippen LogP contribution in [0.1, 0.15) is 19.8 Å². The molecule has 0 aromatic heterocycles. The highest BCUT2D eigenvalue weighted by Crippen LogP contribution is 2.39. The van der Waals surface area contributed by atoms with Crippen molar-refractivity contribution in [3.8, 4) is 0 Å². The first kappa shape index (κ1) is 10.9. The SMILES string of the molecule is CC1CC1C(=O)N1CCC(S(N)(=O)=O)C1. The summed E-state index contributed by atoms with van der Waals surface area (Å²) >= 11 is 0. The maximum atomic E-state index is 11.8. The van der Waals surface area contributed by atoms with Crippen LogP contribution >= 0.6 is 0 Å². The van der Waals surface area contributed by atoms with Crippen LogP contribution in [0.5, 0.6) is 0 Å². The number of primary sulfonamides is 1. The lowest BCUT2D eigenvalue weighted by molar-refractivity contribution is -0.131. The lowest BCUT2D eigenvalue weighted by Crippen LogP contribution is -2.35. The monoisotopic (exact) mass is 232 g/mol. The second kappa shape index (κ2) is 3.45. The molecule has 1 aliphatic heterocycles. The normalized spacial score (nSPS) is 35.6. The Kier molecular flexibility index (Phi) is 2.50. The number of carbonyl (C=O) groups is 1. The molecule has 0 spiro atoms. The smallest absolute Gasteiger partial charge is 0.226 e. The number of hydrogen-bond acceptors (Lipinski definition) is 3. The zero-order valence-electron chi connectivity index (χ0n) is 8.72. The molecule has 3 atom stereocenters. The van der Waals surface area contributed by atoms with E-state index in [1.807, 2.05) is 6.92 Å². The number of nitrogens with two attached hydrogens (primary N) is 1. The summed E-state index contributed by atoms with van der Waals surface area (Å²) in [5.74, 6) is 0.698. The Labute approximate surface area is 89.7 Å². The van der Waals surface area contributed by atoms with Gasteiger partial charge in [-0.25, -0.2) is 13.6 Å². The summed E-state index contributed by atoms with van der Waals surface area (Å²) in [6.45, 7) is 2.85. The third-order valence-electron chi connectivity index (χ3n) is 3.35. The molecule has 1 saturated carbocycles. The number of sulfonamides is 1. The van der Waals surface area contributed by atoms with Crippen LogP contribution in [0, 0.1) is 11.8 Å². The lowest BCUT2D eigenvalue weighted by Gasteiger charge is -2.15. The van der Waals surface area contributed by atoms with E-state index in [0.717, 1.165) is 6.42 Å². The third-order valence-corrected chi connectivity index (χ3v) is 4.66. The quantitative estimate of drug-likeness (QED) is 0.699. The summed E-state index contributed by atoms with van der Waals surface area (Å²) in [5.41, 5.74) is 0. The Morgan fingerprint density at radius 1 is 1.47 bits per heavy atom. The van der Waals surface area contributed by atoms with Crippen LogP contribution in [-0.2, 0) is 14.8 Å². The highest BCUT2D eigenvalue weighted by Gasteiger charge is 2.44. The van der Waals surface area contributed by atoms with Gasteiger partial charge in [0, 0.05) is 19.0 Å². The molecule has 0 aromatic rings. The van der Waals surface area contributed by atoms with E-state index in [1.165, 1.54) is 0 Å². The Morgan fingerprint density at radius 2 is 2.07 bits per heavy atom. The predicted molar refractivity (Wildman–Crippen MR) is 55.4 cm³/mol. The minimum Gasteiger partial charge on any atom is -0.341 e. The van der Waals surface area contributed by atoms with Crippen LogP contribution in [0.3, 0.4) is 0 Å². The first-order valence-corrected chi connectivity index (χ1v) is 6.81. The fraction of sp³-hybridized carbons (Fsp3) is 0.889. The second-order valence-electron chi connectivity index (χ2n) is 4.60. The Balaban J connectivity index is 1.96. The van der Waals surface area contributed by atoms with Crippen LogP contribution in [0.4, 0.5) is 0 Å². The largest absolute Gasteiger partial charge is 0.341 e. The number of hydrogen-bond donors (Lipinski definition) is 1. The molecule has 2 N–H and O–H groups in total. The van der Waals surface area contributed by atoms with Gasteiger partial charge >= 0.3 is 0 Å². The van der Waals surface area contributed by atoms with Gasteiger partial charge in [-0.1, -0.05) is 6.92 Å². The van der Waals surface area contributed by atoms with Gasteiger partial charge in [0.05, 0.1) is 5.25 Å². The summed E-state index contributed by atoms with van der Waals surface area (Å²) < 4.78 is 22.2. The molecule has 2 aliphatic rings. The van der Waals surface area contributed by atoms with Crippen molar-refractivity contribution in [3.05, 3.63) is 0 Å². The summed E-state index contributed by atoms with van der Waals surface area (Å²) in [6.07, 6.45) is 1.42. The molecule has 86 valence electrons. The fourth-order valence-electron chi connectivity index (χ4n) is 2.10. The van der Waals surface area contributed by atoms with Gasteiger partial charge in [-0.2, -0.15) is 0 Å². The standard InChI is InChI=1S/C9H16N2O3S/c1-6-4-8(6)9(12)11-3-2-7(5-11)15(10,13)14/h6-8H,2-5H2,1H3,(H2,10,13,14). The van der Waals surface area contributed by atoms with Gasteiger partial charge in [0.15, 0.2) is 0 Å². The summed E-state index contributed by atoms with van der Waals surface area (Å²) in [4.78, 5) is 13.4. The summed E-state index contributed by atoms with van der Waals surface area (Å²) in [6, 6.07) is 0. The van der Waals surface area contributed by atoms with Gasteiger partial charge in [0.1, 0.15) is 0 Å². The van der Waals surface area contributed by atoms with Crippen molar-refractivity contribution in [2.45, 2.75) is 25.0 Å². The zero-order chi connectivity index (χ0) is 11.2. The molecule has 6 heteroatoms. The predicted octanol–water partition coefficient (Wildman–Crippen LogP) is -0.468. The average molecular weight is 232 g/mol. The molecule has 1 aliphatic carbocycles. The average Bonchev–Trinajstić information content (AvgIpc) is 2.68. The van der Waals surface area contributed by atoms with Gasteiger partial charge in [0.2, 0.25) is 15.9 Å². The molecule has 0 bridgehead atoms. The first-order valence-electron chi connectivity index (χ1n) is 5.20. The maximum Gasteiger partial charge on any atom is 0.226 e. The molecule has 1 heterocycles.